The molecule has 3 N–H and O–H groups in total. The third kappa shape index (κ3) is 2.51. The number of aliphatic hydroxyl groups excluding tert-OH is 1. The van der Waals surface area contributed by atoms with Crippen molar-refractivity contribution in [3.05, 3.63) is 23.9 Å². The monoisotopic (exact) mass is 221 g/mol. The number of nitrogens with zero attached hydrogens (tertiary/aromatic N) is 2. The van der Waals surface area contributed by atoms with Gasteiger partial charge in [-0.25, -0.2) is 4.98 Å². The van der Waals surface area contributed by atoms with Gasteiger partial charge in [0, 0.05) is 26.2 Å². The van der Waals surface area contributed by atoms with Crippen LogP contribution in [0, 0.1) is 5.92 Å². The Morgan fingerprint density at radius 2 is 2.12 bits per heavy atom. The fraction of sp³-hybridized carbons (Fsp3) is 0.583. The van der Waals surface area contributed by atoms with E-state index in [9.17, 15) is 0 Å². The highest BCUT2D eigenvalue weighted by molar-refractivity contribution is 5.39. The molecule has 0 radical (unpaired) electrons. The lowest BCUT2D eigenvalue weighted by Gasteiger charge is -2.32. The maximum Gasteiger partial charge on any atom is 0.128 e. The van der Waals surface area contributed by atoms with E-state index in [-0.39, 0.29) is 0 Å². The molecule has 4 heteroatoms. The first-order valence-electron chi connectivity index (χ1n) is 5.85. The van der Waals surface area contributed by atoms with Gasteiger partial charge < -0.3 is 15.7 Å². The SMILES string of the molecule is NCc1cccc(N2CCC(CO)CC2)n1. The van der Waals surface area contributed by atoms with Gasteiger partial charge in [-0.1, -0.05) is 6.07 Å². The van der Waals surface area contributed by atoms with E-state index in [1.165, 1.54) is 0 Å². The lowest BCUT2D eigenvalue weighted by Crippen LogP contribution is -2.35. The van der Waals surface area contributed by atoms with E-state index in [0.717, 1.165) is 37.4 Å². The van der Waals surface area contributed by atoms with E-state index in [1.54, 1.807) is 0 Å². The van der Waals surface area contributed by atoms with Crippen LogP contribution in [0.5, 0.6) is 0 Å². The van der Waals surface area contributed by atoms with Crippen LogP contribution < -0.4 is 10.6 Å². The molecule has 1 saturated heterocycles. The van der Waals surface area contributed by atoms with Crippen molar-refractivity contribution in [2.45, 2.75) is 19.4 Å². The third-order valence-corrected chi connectivity index (χ3v) is 3.20. The Balaban J connectivity index is 2.02. The van der Waals surface area contributed by atoms with Gasteiger partial charge in [-0.15, -0.1) is 0 Å². The summed E-state index contributed by atoms with van der Waals surface area (Å²) in [6.45, 7) is 2.75. The molecule has 88 valence electrons. The van der Waals surface area contributed by atoms with Gasteiger partial charge >= 0.3 is 0 Å². The summed E-state index contributed by atoms with van der Waals surface area (Å²) in [5.74, 6) is 1.48. The highest BCUT2D eigenvalue weighted by Crippen LogP contribution is 2.21. The number of aliphatic hydroxyl groups is 1. The van der Waals surface area contributed by atoms with Crippen molar-refractivity contribution in [1.82, 2.24) is 4.98 Å². The maximum absolute atomic E-state index is 9.08. The summed E-state index contributed by atoms with van der Waals surface area (Å²) in [7, 11) is 0. The number of hydrogen-bond donors (Lipinski definition) is 2. The first-order chi connectivity index (χ1) is 7.83. The molecule has 0 saturated carbocycles. The standard InChI is InChI=1S/C12H19N3O/c13-8-11-2-1-3-12(14-11)15-6-4-10(9-16)5-7-15/h1-3,10,16H,4-9,13H2. The highest BCUT2D eigenvalue weighted by Gasteiger charge is 2.19. The average Bonchev–Trinajstić information content (AvgIpc) is 2.39. The smallest absolute Gasteiger partial charge is 0.128 e. The van der Waals surface area contributed by atoms with Gasteiger partial charge in [-0.05, 0) is 30.9 Å². The Bertz CT molecular complexity index is 335. The molecule has 16 heavy (non-hydrogen) atoms. The van der Waals surface area contributed by atoms with Gasteiger partial charge in [-0.2, -0.15) is 0 Å². The van der Waals surface area contributed by atoms with Crippen molar-refractivity contribution < 1.29 is 5.11 Å². The molecule has 2 rings (SSSR count). The third-order valence-electron chi connectivity index (χ3n) is 3.20. The van der Waals surface area contributed by atoms with Crippen LogP contribution in [0.1, 0.15) is 18.5 Å². The molecule has 1 aliphatic heterocycles. The topological polar surface area (TPSA) is 62.4 Å². The average molecular weight is 221 g/mol. The van der Waals surface area contributed by atoms with Gasteiger partial charge in [0.2, 0.25) is 0 Å². The second kappa shape index (κ2) is 5.27. The Morgan fingerprint density at radius 1 is 1.38 bits per heavy atom. The minimum atomic E-state index is 0.310. The summed E-state index contributed by atoms with van der Waals surface area (Å²) in [4.78, 5) is 6.77. The van der Waals surface area contributed by atoms with Crippen LogP contribution in [0.2, 0.25) is 0 Å². The van der Waals surface area contributed by atoms with Crippen LogP contribution in [0.15, 0.2) is 18.2 Å². The van der Waals surface area contributed by atoms with E-state index in [1.807, 2.05) is 18.2 Å². The zero-order chi connectivity index (χ0) is 11.4. The summed E-state index contributed by atoms with van der Waals surface area (Å²) in [5, 5.41) is 9.08. The summed E-state index contributed by atoms with van der Waals surface area (Å²) in [6.07, 6.45) is 2.09. The van der Waals surface area contributed by atoms with Gasteiger partial charge in [0.05, 0.1) is 5.69 Å². The maximum atomic E-state index is 9.08. The molecule has 1 aromatic heterocycles. The number of nitrogens with two attached hydrogens (primary N) is 1. The van der Waals surface area contributed by atoms with Gasteiger partial charge in [0.15, 0.2) is 0 Å². The molecular weight excluding hydrogens is 202 g/mol. The van der Waals surface area contributed by atoms with Crippen molar-refractivity contribution in [2.75, 3.05) is 24.6 Å². The molecule has 1 aliphatic rings. The predicted octanol–water partition coefficient (Wildman–Crippen LogP) is 0.749. The molecule has 4 nitrogen and oxygen atoms in total. The Labute approximate surface area is 96.1 Å². The highest BCUT2D eigenvalue weighted by atomic mass is 16.3. The van der Waals surface area contributed by atoms with Crippen molar-refractivity contribution in [2.24, 2.45) is 11.7 Å². The van der Waals surface area contributed by atoms with Gasteiger partial charge in [0.25, 0.3) is 0 Å². The fourth-order valence-electron chi connectivity index (χ4n) is 2.10. The molecule has 0 spiro atoms. The quantitative estimate of drug-likeness (QED) is 0.790. The zero-order valence-electron chi connectivity index (χ0n) is 9.47. The predicted molar refractivity (Wildman–Crippen MR) is 64.2 cm³/mol. The van der Waals surface area contributed by atoms with Crippen molar-refractivity contribution >= 4 is 5.82 Å². The van der Waals surface area contributed by atoms with E-state index in [4.69, 9.17) is 10.8 Å². The summed E-state index contributed by atoms with van der Waals surface area (Å²) < 4.78 is 0. The Morgan fingerprint density at radius 3 is 2.75 bits per heavy atom. The second-order valence-corrected chi connectivity index (χ2v) is 4.30. The van der Waals surface area contributed by atoms with E-state index < -0.39 is 0 Å². The summed E-state index contributed by atoms with van der Waals surface area (Å²) >= 11 is 0. The number of anilines is 1. The molecule has 1 aromatic rings. The lowest BCUT2D eigenvalue weighted by atomic mass is 9.98. The summed E-state index contributed by atoms with van der Waals surface area (Å²) in [5.41, 5.74) is 6.51. The molecule has 0 amide bonds. The molecule has 0 aromatic carbocycles. The number of pyridine rings is 1. The van der Waals surface area contributed by atoms with Crippen molar-refractivity contribution in [3.8, 4) is 0 Å². The largest absolute Gasteiger partial charge is 0.396 e. The van der Waals surface area contributed by atoms with Crippen LogP contribution in [-0.4, -0.2) is 29.8 Å². The van der Waals surface area contributed by atoms with E-state index in [0.29, 0.717) is 19.1 Å². The second-order valence-electron chi connectivity index (χ2n) is 4.30. The van der Waals surface area contributed by atoms with E-state index in [2.05, 4.69) is 9.88 Å². The first kappa shape index (κ1) is 11.4. The number of hydrogen-bond acceptors (Lipinski definition) is 4. The normalized spacial score (nSPS) is 17.8. The number of rotatable bonds is 3. The van der Waals surface area contributed by atoms with Crippen LogP contribution in [0.4, 0.5) is 5.82 Å². The van der Waals surface area contributed by atoms with E-state index >= 15 is 0 Å². The minimum absolute atomic E-state index is 0.310. The number of aromatic nitrogens is 1. The summed E-state index contributed by atoms with van der Waals surface area (Å²) in [6, 6.07) is 5.98. The van der Waals surface area contributed by atoms with Crippen LogP contribution in [-0.2, 0) is 6.54 Å². The number of piperidine rings is 1. The molecule has 1 fully saturated rings. The molecule has 0 atom stereocenters. The first-order valence-corrected chi connectivity index (χ1v) is 5.85. The Kier molecular flexibility index (Phi) is 3.74. The molecule has 2 heterocycles. The van der Waals surface area contributed by atoms with Gasteiger partial charge in [-0.3, -0.25) is 0 Å². The molecule has 0 bridgehead atoms. The molecular formula is C12H19N3O. The Hall–Kier alpha value is -1.13. The molecule has 0 unspecified atom stereocenters. The van der Waals surface area contributed by atoms with Crippen molar-refractivity contribution in [3.63, 3.8) is 0 Å². The van der Waals surface area contributed by atoms with Gasteiger partial charge in [0.1, 0.15) is 5.82 Å². The van der Waals surface area contributed by atoms with Crippen LogP contribution in [0.3, 0.4) is 0 Å². The molecule has 0 aliphatic carbocycles. The fourth-order valence-corrected chi connectivity index (χ4v) is 2.10. The van der Waals surface area contributed by atoms with Crippen LogP contribution >= 0.6 is 0 Å². The van der Waals surface area contributed by atoms with Crippen LogP contribution in [0.25, 0.3) is 0 Å². The minimum Gasteiger partial charge on any atom is -0.396 e. The zero-order valence-corrected chi connectivity index (χ0v) is 9.47. The van der Waals surface area contributed by atoms with Crippen molar-refractivity contribution in [1.29, 1.82) is 0 Å². The lowest BCUT2D eigenvalue weighted by molar-refractivity contribution is 0.203.